The van der Waals surface area contributed by atoms with E-state index in [-0.39, 0.29) is 6.04 Å². The molecule has 1 aromatic carbocycles. The normalized spacial score (nSPS) is 12.5. The van der Waals surface area contributed by atoms with E-state index in [1.54, 1.807) is 18.6 Å². The van der Waals surface area contributed by atoms with E-state index in [9.17, 15) is 0 Å². The lowest BCUT2D eigenvalue weighted by Crippen LogP contribution is -2.13. The zero-order valence-electron chi connectivity index (χ0n) is 10.8. The summed E-state index contributed by atoms with van der Waals surface area (Å²) >= 11 is 9.33. The van der Waals surface area contributed by atoms with E-state index in [0.717, 1.165) is 15.7 Å². The molecule has 6 nitrogen and oxygen atoms in total. The van der Waals surface area contributed by atoms with E-state index in [1.165, 1.54) is 0 Å². The van der Waals surface area contributed by atoms with Crippen LogP contribution in [0.1, 0.15) is 17.6 Å². The fourth-order valence-electron chi connectivity index (χ4n) is 1.86. The smallest absolute Gasteiger partial charge is 0.244 e. The first kappa shape index (κ1) is 14.2. The number of nitrogens with one attached hydrogen (secondary N) is 1. The Bertz CT molecular complexity index is 743. The largest absolute Gasteiger partial charge is 0.348 e. The molecule has 8 heteroatoms. The van der Waals surface area contributed by atoms with Crippen molar-refractivity contribution >= 4 is 27.5 Å². The van der Waals surface area contributed by atoms with Crippen LogP contribution in [0, 0.1) is 0 Å². The van der Waals surface area contributed by atoms with Gasteiger partial charge in [0, 0.05) is 28.3 Å². The predicted molar refractivity (Wildman–Crippen MR) is 81.7 cm³/mol. The van der Waals surface area contributed by atoms with Gasteiger partial charge in [0.1, 0.15) is 0 Å². The molecule has 0 unspecified atom stereocenters. The molecule has 1 atom stereocenters. The minimum absolute atomic E-state index is 0.380. The minimum Gasteiger partial charge on any atom is -0.348 e. The zero-order valence-corrected chi connectivity index (χ0v) is 13.1. The molecule has 108 valence electrons. The lowest BCUT2D eigenvalue weighted by molar-refractivity contribution is 0.354. The van der Waals surface area contributed by atoms with Gasteiger partial charge in [-0.05, 0) is 34.1 Å². The molecule has 3 aromatic rings. The Kier molecular flexibility index (Phi) is 4.05. The third-order valence-corrected chi connectivity index (χ3v) is 4.15. The first-order chi connectivity index (χ1) is 10.1. The Morgan fingerprint density at radius 2 is 2.29 bits per heavy atom. The summed E-state index contributed by atoms with van der Waals surface area (Å²) in [5, 5.41) is 4.58. The molecule has 0 saturated carbocycles. The Labute approximate surface area is 133 Å². The van der Waals surface area contributed by atoms with E-state index >= 15 is 0 Å². The summed E-state index contributed by atoms with van der Waals surface area (Å²) < 4.78 is 6.00. The highest BCUT2D eigenvalue weighted by Gasteiger charge is 2.17. The maximum Gasteiger partial charge on any atom is 0.244 e. The molecule has 0 aliphatic carbocycles. The fourth-order valence-corrected chi connectivity index (χ4v) is 2.36. The van der Waals surface area contributed by atoms with Gasteiger partial charge in [-0.3, -0.25) is 0 Å². The van der Waals surface area contributed by atoms with Crippen molar-refractivity contribution < 1.29 is 4.52 Å². The molecule has 3 rings (SSSR count). The van der Waals surface area contributed by atoms with E-state index in [4.69, 9.17) is 21.9 Å². The monoisotopic (exact) mass is 367 g/mol. The number of hydrogen-bond donors (Lipinski definition) is 2. The van der Waals surface area contributed by atoms with Gasteiger partial charge in [-0.15, -0.1) is 0 Å². The number of aromatic nitrogens is 4. The summed E-state index contributed by atoms with van der Waals surface area (Å²) in [6, 6.07) is 5.03. The summed E-state index contributed by atoms with van der Waals surface area (Å²) in [5.41, 5.74) is 7.77. The highest BCUT2D eigenvalue weighted by Crippen LogP contribution is 2.28. The summed E-state index contributed by atoms with van der Waals surface area (Å²) in [7, 11) is 0. The molecule has 0 saturated heterocycles. The lowest BCUT2D eigenvalue weighted by Gasteiger charge is -2.03. The van der Waals surface area contributed by atoms with E-state index in [0.29, 0.717) is 23.2 Å². The van der Waals surface area contributed by atoms with Gasteiger partial charge in [-0.25, -0.2) is 4.98 Å². The molecule has 0 bridgehead atoms. The number of hydrogen-bond acceptors (Lipinski definition) is 5. The van der Waals surface area contributed by atoms with Gasteiger partial charge in [-0.2, -0.15) is 4.98 Å². The second kappa shape index (κ2) is 5.97. The van der Waals surface area contributed by atoms with Crippen LogP contribution in [0.3, 0.4) is 0 Å². The van der Waals surface area contributed by atoms with E-state index in [1.807, 2.05) is 12.1 Å². The van der Waals surface area contributed by atoms with Crippen molar-refractivity contribution in [3.05, 3.63) is 51.8 Å². The fraction of sp³-hybridized carbons (Fsp3) is 0.154. The molecule has 2 aromatic heterocycles. The van der Waals surface area contributed by atoms with Gasteiger partial charge < -0.3 is 15.2 Å². The number of nitrogens with zero attached hydrogens (tertiary/aromatic N) is 3. The molecule has 0 fully saturated rings. The van der Waals surface area contributed by atoms with Crippen molar-refractivity contribution in [1.82, 2.24) is 20.1 Å². The average molecular weight is 369 g/mol. The highest BCUT2D eigenvalue weighted by atomic mass is 79.9. The van der Waals surface area contributed by atoms with Crippen molar-refractivity contribution in [3.8, 4) is 11.4 Å². The van der Waals surface area contributed by atoms with Crippen LogP contribution in [-0.4, -0.2) is 20.1 Å². The van der Waals surface area contributed by atoms with Gasteiger partial charge in [0.05, 0.1) is 17.4 Å². The highest BCUT2D eigenvalue weighted by molar-refractivity contribution is 9.10. The molecule has 0 spiro atoms. The van der Waals surface area contributed by atoms with Crippen LogP contribution >= 0.6 is 27.5 Å². The summed E-state index contributed by atoms with van der Waals surface area (Å²) in [6.07, 6.45) is 3.87. The molecular weight excluding hydrogens is 358 g/mol. The zero-order chi connectivity index (χ0) is 14.8. The van der Waals surface area contributed by atoms with Crippen LogP contribution in [0.5, 0.6) is 0 Å². The van der Waals surface area contributed by atoms with Crippen LogP contribution in [0.15, 0.2) is 39.7 Å². The average Bonchev–Trinajstić information content (AvgIpc) is 3.12. The molecule has 0 radical (unpaired) electrons. The quantitative estimate of drug-likeness (QED) is 0.738. The maximum atomic E-state index is 6.06. The van der Waals surface area contributed by atoms with Crippen molar-refractivity contribution in [2.45, 2.75) is 12.5 Å². The maximum absolute atomic E-state index is 6.06. The van der Waals surface area contributed by atoms with Crippen LogP contribution in [0.4, 0.5) is 0 Å². The second-order valence-corrected chi connectivity index (χ2v) is 5.73. The topological polar surface area (TPSA) is 93.6 Å². The number of aromatic amines is 1. The van der Waals surface area contributed by atoms with Crippen LogP contribution in [0.2, 0.25) is 5.02 Å². The first-order valence-corrected chi connectivity index (χ1v) is 7.32. The molecule has 0 aliphatic rings. The van der Waals surface area contributed by atoms with Gasteiger partial charge in [0.15, 0.2) is 0 Å². The van der Waals surface area contributed by atoms with Crippen LogP contribution in [-0.2, 0) is 6.42 Å². The van der Waals surface area contributed by atoms with Crippen molar-refractivity contribution in [1.29, 1.82) is 0 Å². The first-order valence-electron chi connectivity index (χ1n) is 6.15. The standard InChI is InChI=1S/C13H11BrClN5O/c14-9-3-7(1-2-10(9)15)12-19-13(21-20-12)11(16)4-8-5-17-6-18-8/h1-3,5-6,11H,4,16H2,(H,17,18)/t11-/m0/s1. The van der Waals surface area contributed by atoms with E-state index < -0.39 is 0 Å². The van der Waals surface area contributed by atoms with Gasteiger partial charge in [0.2, 0.25) is 11.7 Å². The SMILES string of the molecule is N[C@@H](Cc1cnc[nH]1)c1nc(-c2ccc(Cl)c(Br)c2)no1. The van der Waals surface area contributed by atoms with Gasteiger partial charge >= 0.3 is 0 Å². The lowest BCUT2D eigenvalue weighted by atomic mass is 10.2. The molecule has 0 aliphatic heterocycles. The Hall–Kier alpha value is -1.70. The summed E-state index contributed by atoms with van der Waals surface area (Å²) in [6.45, 7) is 0. The van der Waals surface area contributed by atoms with Gasteiger partial charge in [-0.1, -0.05) is 16.8 Å². The van der Waals surface area contributed by atoms with Gasteiger partial charge in [0.25, 0.3) is 0 Å². The van der Waals surface area contributed by atoms with Crippen molar-refractivity contribution in [3.63, 3.8) is 0 Å². The Balaban J connectivity index is 1.80. The molecule has 0 amide bonds. The Morgan fingerprint density at radius 3 is 3.00 bits per heavy atom. The summed E-state index contributed by atoms with van der Waals surface area (Å²) in [5.74, 6) is 0.855. The molecule has 2 heterocycles. The van der Waals surface area contributed by atoms with Crippen LogP contribution < -0.4 is 5.73 Å². The van der Waals surface area contributed by atoms with Crippen LogP contribution in [0.25, 0.3) is 11.4 Å². The number of halogens is 2. The molecular formula is C13H11BrClN5O. The molecule has 21 heavy (non-hydrogen) atoms. The van der Waals surface area contributed by atoms with Crippen molar-refractivity contribution in [2.75, 3.05) is 0 Å². The third-order valence-electron chi connectivity index (χ3n) is 2.93. The summed E-state index contributed by atoms with van der Waals surface area (Å²) in [4.78, 5) is 11.3. The second-order valence-electron chi connectivity index (χ2n) is 4.47. The molecule has 3 N–H and O–H groups in total. The third kappa shape index (κ3) is 3.15. The number of rotatable bonds is 4. The predicted octanol–water partition coefficient (Wildman–Crippen LogP) is 3.12. The number of imidazole rings is 1. The van der Waals surface area contributed by atoms with E-state index in [2.05, 4.69) is 36.0 Å². The minimum atomic E-state index is -0.387. The number of benzene rings is 1. The van der Waals surface area contributed by atoms with Crippen molar-refractivity contribution in [2.24, 2.45) is 5.73 Å². The Morgan fingerprint density at radius 1 is 1.43 bits per heavy atom. The number of H-pyrrole nitrogens is 1. The number of nitrogens with two attached hydrogens (primary N) is 1.